The summed E-state index contributed by atoms with van der Waals surface area (Å²) in [6.45, 7) is 1.48. The van der Waals surface area contributed by atoms with E-state index >= 15 is 0 Å². The van der Waals surface area contributed by atoms with Gasteiger partial charge in [-0.2, -0.15) is 0 Å². The molecule has 1 atom stereocenters. The van der Waals surface area contributed by atoms with Gasteiger partial charge in [-0.1, -0.05) is 23.7 Å². The first kappa shape index (κ1) is 19.7. The van der Waals surface area contributed by atoms with Gasteiger partial charge in [0.25, 0.3) is 0 Å². The largest absolute Gasteiger partial charge is 0.384 e. The Morgan fingerprint density at radius 3 is 2.77 bits per heavy atom. The van der Waals surface area contributed by atoms with E-state index in [-0.39, 0.29) is 17.9 Å². The number of benzene rings is 2. The zero-order valence-electron chi connectivity index (χ0n) is 16.2. The highest BCUT2D eigenvalue weighted by molar-refractivity contribution is 6.30. The van der Waals surface area contributed by atoms with Crippen molar-refractivity contribution >= 4 is 34.4 Å². The van der Waals surface area contributed by atoms with Crippen molar-refractivity contribution in [1.29, 1.82) is 5.41 Å². The Kier molecular flexibility index (Phi) is 5.24. The van der Waals surface area contributed by atoms with E-state index < -0.39 is 0 Å². The van der Waals surface area contributed by atoms with E-state index in [1.807, 2.05) is 28.8 Å². The molecule has 4 rings (SSSR count). The zero-order chi connectivity index (χ0) is 21.3. The molecular weight excluding hydrogens is 402 g/mol. The fourth-order valence-electron chi connectivity index (χ4n) is 3.33. The summed E-state index contributed by atoms with van der Waals surface area (Å²) >= 11 is 5.99. The topological polar surface area (TPSA) is 125 Å². The number of halogens is 1. The van der Waals surface area contributed by atoms with E-state index in [9.17, 15) is 4.79 Å². The van der Waals surface area contributed by atoms with E-state index in [0.29, 0.717) is 28.7 Å². The van der Waals surface area contributed by atoms with Gasteiger partial charge in [0, 0.05) is 36.3 Å². The monoisotopic (exact) mass is 421 g/mol. The maximum absolute atomic E-state index is 11.9. The molecule has 8 nitrogen and oxygen atoms in total. The van der Waals surface area contributed by atoms with Crippen molar-refractivity contribution in [2.45, 2.75) is 19.5 Å². The fraction of sp³-hybridized carbons (Fsp3) is 0.143. The van der Waals surface area contributed by atoms with E-state index in [1.165, 1.54) is 6.92 Å². The van der Waals surface area contributed by atoms with Crippen LogP contribution in [0.4, 0.5) is 0 Å². The first-order chi connectivity index (χ1) is 14.4. The van der Waals surface area contributed by atoms with Gasteiger partial charge in [-0.3, -0.25) is 10.2 Å². The van der Waals surface area contributed by atoms with Crippen LogP contribution in [0.15, 0.2) is 54.9 Å². The average molecular weight is 422 g/mol. The van der Waals surface area contributed by atoms with Crippen LogP contribution in [0, 0.1) is 5.41 Å². The number of rotatable bonds is 6. The predicted molar refractivity (Wildman–Crippen MR) is 116 cm³/mol. The standard InChI is InChI=1S/C21H20ClN7O/c1-12(30)26-18(10-13-2-5-15(22)6-3-13)29-9-8-25-21(29)20-27-16-7-4-14(19(23)24)11-17(16)28-20/h2-9,11,18H,10H2,1H3,(H3,23,24)(H,26,30)(H,27,28). The molecule has 0 fully saturated rings. The lowest BCUT2D eigenvalue weighted by molar-refractivity contribution is -0.120. The molecule has 0 saturated heterocycles. The van der Waals surface area contributed by atoms with Gasteiger partial charge in [0.2, 0.25) is 5.91 Å². The van der Waals surface area contributed by atoms with Crippen molar-refractivity contribution in [2.24, 2.45) is 5.73 Å². The minimum Gasteiger partial charge on any atom is -0.384 e. The highest BCUT2D eigenvalue weighted by atomic mass is 35.5. The summed E-state index contributed by atoms with van der Waals surface area (Å²) in [6.07, 6.45) is 3.66. The number of nitrogen functional groups attached to an aromatic ring is 1. The second kappa shape index (κ2) is 8.00. The summed E-state index contributed by atoms with van der Waals surface area (Å²) in [6, 6.07) is 12.8. The summed E-state index contributed by atoms with van der Waals surface area (Å²) in [7, 11) is 0. The van der Waals surface area contributed by atoms with Gasteiger partial charge in [-0.05, 0) is 35.9 Å². The summed E-state index contributed by atoms with van der Waals surface area (Å²) in [4.78, 5) is 24.2. The van der Waals surface area contributed by atoms with Crippen molar-refractivity contribution in [3.8, 4) is 11.6 Å². The van der Waals surface area contributed by atoms with Crippen LogP contribution in [0.1, 0.15) is 24.2 Å². The predicted octanol–water partition coefficient (Wildman–Crippen LogP) is 3.24. The highest BCUT2D eigenvalue weighted by Gasteiger charge is 2.19. The van der Waals surface area contributed by atoms with Gasteiger partial charge in [-0.25, -0.2) is 9.97 Å². The number of nitrogens with one attached hydrogen (secondary N) is 3. The van der Waals surface area contributed by atoms with Gasteiger partial charge in [0.15, 0.2) is 11.6 Å². The Hall–Kier alpha value is -3.65. The van der Waals surface area contributed by atoms with Crippen molar-refractivity contribution < 1.29 is 4.79 Å². The van der Waals surface area contributed by atoms with Crippen LogP contribution in [0.5, 0.6) is 0 Å². The number of aromatic amines is 1. The number of carbonyl (C=O) groups is 1. The van der Waals surface area contributed by atoms with Crippen LogP contribution in [0.2, 0.25) is 5.02 Å². The van der Waals surface area contributed by atoms with Crippen LogP contribution < -0.4 is 11.1 Å². The first-order valence-electron chi connectivity index (χ1n) is 9.29. The molecule has 2 aromatic heterocycles. The Balaban J connectivity index is 1.71. The zero-order valence-corrected chi connectivity index (χ0v) is 16.9. The van der Waals surface area contributed by atoms with Gasteiger partial charge in [0.1, 0.15) is 12.0 Å². The number of hydrogen-bond donors (Lipinski definition) is 4. The van der Waals surface area contributed by atoms with Crippen LogP contribution in [0.25, 0.3) is 22.7 Å². The molecular formula is C21H20ClN7O. The number of fused-ring (bicyclic) bond motifs is 1. The minimum atomic E-state index is -0.359. The molecule has 0 aliphatic rings. The maximum atomic E-state index is 11.9. The quantitative estimate of drug-likeness (QED) is 0.281. The lowest BCUT2D eigenvalue weighted by Crippen LogP contribution is -2.32. The van der Waals surface area contributed by atoms with E-state index in [1.54, 1.807) is 30.6 Å². The van der Waals surface area contributed by atoms with Crippen LogP contribution >= 0.6 is 11.6 Å². The molecule has 9 heteroatoms. The third-order valence-electron chi connectivity index (χ3n) is 4.72. The van der Waals surface area contributed by atoms with Gasteiger partial charge < -0.3 is 20.6 Å². The second-order valence-electron chi connectivity index (χ2n) is 6.94. The number of nitrogens with two attached hydrogens (primary N) is 1. The molecule has 0 radical (unpaired) electrons. The maximum Gasteiger partial charge on any atom is 0.218 e. The second-order valence-corrected chi connectivity index (χ2v) is 7.37. The Morgan fingerprint density at radius 1 is 1.30 bits per heavy atom. The number of nitrogens with zero attached hydrogens (tertiary/aromatic N) is 3. The number of H-pyrrole nitrogens is 1. The molecule has 2 aromatic carbocycles. The van der Waals surface area contributed by atoms with Crippen LogP contribution in [-0.2, 0) is 11.2 Å². The van der Waals surface area contributed by atoms with Crippen molar-refractivity contribution in [3.63, 3.8) is 0 Å². The Labute approximate surface area is 177 Å². The molecule has 0 bridgehead atoms. The lowest BCUT2D eigenvalue weighted by atomic mass is 10.1. The summed E-state index contributed by atoms with van der Waals surface area (Å²) in [5.41, 5.74) is 8.70. The van der Waals surface area contributed by atoms with Crippen LogP contribution in [0.3, 0.4) is 0 Å². The first-order valence-corrected chi connectivity index (χ1v) is 9.67. The van der Waals surface area contributed by atoms with Gasteiger partial charge >= 0.3 is 0 Å². The summed E-state index contributed by atoms with van der Waals surface area (Å²) in [5.74, 6) is 0.984. The SMILES string of the molecule is CC(=O)NC(Cc1ccc(Cl)cc1)n1ccnc1-c1nc2ccc(C(=N)N)cc2[nH]1. The molecule has 30 heavy (non-hydrogen) atoms. The molecule has 0 aliphatic carbocycles. The smallest absolute Gasteiger partial charge is 0.218 e. The third-order valence-corrected chi connectivity index (χ3v) is 4.97. The summed E-state index contributed by atoms with van der Waals surface area (Å²) < 4.78 is 1.87. The molecule has 152 valence electrons. The van der Waals surface area contributed by atoms with Crippen molar-refractivity contribution in [2.75, 3.05) is 0 Å². The normalized spacial score (nSPS) is 12.1. The Bertz CT molecular complexity index is 1230. The van der Waals surface area contributed by atoms with Gasteiger partial charge in [0.05, 0.1) is 11.0 Å². The molecule has 1 unspecified atom stereocenters. The van der Waals surface area contributed by atoms with E-state index in [4.69, 9.17) is 22.7 Å². The van der Waals surface area contributed by atoms with Crippen molar-refractivity contribution in [1.82, 2.24) is 24.8 Å². The number of imidazole rings is 2. The lowest BCUT2D eigenvalue weighted by Gasteiger charge is -2.21. The Morgan fingerprint density at radius 2 is 2.07 bits per heavy atom. The third kappa shape index (κ3) is 4.04. The fourth-order valence-corrected chi connectivity index (χ4v) is 3.45. The van der Waals surface area contributed by atoms with E-state index in [0.717, 1.165) is 16.6 Å². The number of aromatic nitrogens is 4. The number of amides is 1. The van der Waals surface area contributed by atoms with Crippen molar-refractivity contribution in [3.05, 3.63) is 71.0 Å². The molecule has 0 saturated carbocycles. The molecule has 4 aromatic rings. The van der Waals surface area contributed by atoms with Gasteiger partial charge in [-0.15, -0.1) is 0 Å². The highest BCUT2D eigenvalue weighted by Crippen LogP contribution is 2.24. The molecule has 2 heterocycles. The summed E-state index contributed by atoms with van der Waals surface area (Å²) in [5, 5.41) is 11.2. The molecule has 1 amide bonds. The average Bonchev–Trinajstić information content (AvgIpc) is 3.34. The number of hydrogen-bond acceptors (Lipinski definition) is 4. The van der Waals surface area contributed by atoms with Crippen LogP contribution in [-0.4, -0.2) is 31.3 Å². The molecule has 0 spiro atoms. The minimum absolute atomic E-state index is 0.0109. The van der Waals surface area contributed by atoms with E-state index in [2.05, 4.69) is 20.3 Å². The molecule has 5 N–H and O–H groups in total. The number of carbonyl (C=O) groups excluding carboxylic acids is 1. The molecule has 0 aliphatic heterocycles. The number of amidine groups is 1.